The van der Waals surface area contributed by atoms with Gasteiger partial charge in [0.1, 0.15) is 29.4 Å². The van der Waals surface area contributed by atoms with Gasteiger partial charge in [0.05, 0.1) is 34.5 Å². The number of hydrogen-bond acceptors (Lipinski definition) is 9. The van der Waals surface area contributed by atoms with Crippen molar-refractivity contribution < 1.29 is 24.3 Å². The molecule has 13 heteroatoms. The maximum Gasteiger partial charge on any atom is 0.270 e. The molecule has 0 atom stereocenters. The number of nitrogens with zero attached hydrogens (tertiary/aromatic N) is 4. The van der Waals surface area contributed by atoms with Crippen molar-refractivity contribution in [3.8, 4) is 22.9 Å². The molecule has 0 amide bonds. The minimum Gasteiger partial charge on any atom is -0.391 e. The fourth-order valence-electron chi connectivity index (χ4n) is 7.88. The summed E-state index contributed by atoms with van der Waals surface area (Å²) in [5, 5.41) is 31.5. The molecule has 0 aliphatic carbocycles. The predicted molar refractivity (Wildman–Crippen MR) is 229 cm³/mol. The fourth-order valence-corrected chi connectivity index (χ4v) is 18.3. The third-order valence-electron chi connectivity index (χ3n) is 10.7. The molecule has 0 heterocycles. The van der Waals surface area contributed by atoms with Crippen molar-refractivity contribution in [2.45, 2.75) is 143 Å². The molecule has 0 spiro atoms. The Hall–Kier alpha value is -4.31. The Morgan fingerprint density at radius 3 is 1.18 bits per heavy atom. The number of hydrogen-bond donors (Lipinski definition) is 0. The van der Waals surface area contributed by atoms with E-state index in [1.165, 1.54) is 24.3 Å². The molecular weight excluding hydrogens is 729 g/mol. The molecule has 0 aromatic heterocycles. The number of nitro benzene ring substituents is 2. The Labute approximate surface area is 331 Å². The van der Waals surface area contributed by atoms with Crippen molar-refractivity contribution in [2.75, 3.05) is 13.2 Å². The van der Waals surface area contributed by atoms with Crippen LogP contribution >= 0.6 is 0 Å². The summed E-state index contributed by atoms with van der Waals surface area (Å²) in [4.78, 5) is 33.7. The molecule has 0 saturated carbocycles. The van der Waals surface area contributed by atoms with Crippen LogP contribution in [0.3, 0.4) is 0 Å². The Morgan fingerprint density at radius 1 is 0.600 bits per heavy atom. The van der Waals surface area contributed by atoms with Crippen molar-refractivity contribution in [1.29, 1.82) is 0 Å². The Morgan fingerprint density at radius 2 is 0.909 bits per heavy atom. The van der Waals surface area contributed by atoms with Crippen LogP contribution in [0.1, 0.15) is 119 Å². The van der Waals surface area contributed by atoms with E-state index in [1.54, 1.807) is 26.0 Å². The monoisotopic (exact) mass is 790 g/mol. The smallest absolute Gasteiger partial charge is 0.270 e. The Kier molecular flexibility index (Phi) is 18.0. The van der Waals surface area contributed by atoms with E-state index in [1.807, 2.05) is 0 Å². The second-order valence-electron chi connectivity index (χ2n) is 16.2. The molecule has 2 rings (SSSR count). The molecule has 0 aliphatic rings. The summed E-state index contributed by atoms with van der Waals surface area (Å²) in [6.07, 6.45) is 0. The van der Waals surface area contributed by atoms with Crippen LogP contribution in [-0.2, 0) is 27.6 Å². The highest BCUT2D eigenvalue weighted by molar-refractivity contribution is 6.91. The maximum absolute atomic E-state index is 11.6. The molecule has 0 saturated heterocycles. The van der Waals surface area contributed by atoms with Crippen molar-refractivity contribution in [3.05, 3.63) is 78.9 Å². The van der Waals surface area contributed by atoms with Crippen molar-refractivity contribution in [2.24, 2.45) is 10.3 Å². The van der Waals surface area contributed by atoms with Crippen LogP contribution in [0.5, 0.6) is 0 Å². The highest BCUT2D eigenvalue weighted by atomic mass is 28.3. The Balaban J connectivity index is 2.13. The first-order valence-electron chi connectivity index (χ1n) is 19.2. The lowest BCUT2D eigenvalue weighted by Crippen LogP contribution is -2.43. The van der Waals surface area contributed by atoms with Gasteiger partial charge in [-0.25, -0.2) is 0 Å². The summed E-state index contributed by atoms with van der Waals surface area (Å²) in [5.74, 6) is 6.67. The van der Waals surface area contributed by atoms with Gasteiger partial charge in [0.15, 0.2) is 0 Å². The molecule has 55 heavy (non-hydrogen) atoms. The van der Waals surface area contributed by atoms with E-state index in [0.29, 0.717) is 55.8 Å². The zero-order valence-corrected chi connectivity index (χ0v) is 37.4. The minimum atomic E-state index is -2.07. The molecule has 300 valence electrons. The predicted octanol–water partition coefficient (Wildman–Crippen LogP) is 11.1. The van der Waals surface area contributed by atoms with E-state index in [2.05, 4.69) is 116 Å². The van der Waals surface area contributed by atoms with Crippen LogP contribution in [0.15, 0.2) is 46.7 Å². The van der Waals surface area contributed by atoms with Crippen LogP contribution < -0.4 is 0 Å². The minimum absolute atomic E-state index is 0.0163. The molecule has 0 aliphatic heterocycles. The average Bonchev–Trinajstić information content (AvgIpc) is 3.08. The van der Waals surface area contributed by atoms with Crippen molar-refractivity contribution >= 4 is 38.9 Å². The SMILES string of the molecule is CC(COCC(C)=NOCc1ccc([N+](=O)[O-])cc1C#C[Si](C(C)C)(C(C)C)C(C)C)=NOCc1ccc([N+](=O)[O-])cc1C#C[Si](C(C)C)(C(C)C)C(C)C. The standard InChI is InChI=1S/C42H62N4O7Si2/c1-29(2)54(30(3)4,31(5)6)21-19-37-23-41(45(47)48)17-15-39(37)27-52-43-35(13)25-51-26-36(14)44-53-28-40-16-18-42(46(49)50)24-38(40)20-22-55(32(7)8,33(9)10)34(11)12/h15-18,23-24,29-34H,25-28H2,1-14H3. The van der Waals surface area contributed by atoms with Crippen LogP contribution in [0.25, 0.3) is 0 Å². The fraction of sp³-hybridized carbons (Fsp3) is 0.571. The van der Waals surface area contributed by atoms with Gasteiger partial charge in [-0.1, -0.05) is 105 Å². The molecule has 2 aromatic rings. The number of oxime groups is 2. The van der Waals surface area contributed by atoms with Gasteiger partial charge in [-0.3, -0.25) is 20.2 Å². The van der Waals surface area contributed by atoms with E-state index < -0.39 is 26.0 Å². The highest BCUT2D eigenvalue weighted by Crippen LogP contribution is 2.42. The van der Waals surface area contributed by atoms with Gasteiger partial charge < -0.3 is 14.4 Å². The van der Waals surface area contributed by atoms with Crippen LogP contribution in [-0.4, -0.2) is 50.6 Å². The number of nitro groups is 2. The zero-order chi connectivity index (χ0) is 41.7. The lowest BCUT2D eigenvalue weighted by Gasteiger charge is -2.38. The van der Waals surface area contributed by atoms with Crippen molar-refractivity contribution in [1.82, 2.24) is 0 Å². The van der Waals surface area contributed by atoms with E-state index in [9.17, 15) is 20.2 Å². The lowest BCUT2D eigenvalue weighted by atomic mass is 10.1. The summed E-state index contributed by atoms with van der Waals surface area (Å²) >= 11 is 0. The van der Waals surface area contributed by atoms with Crippen LogP contribution in [0.2, 0.25) is 33.2 Å². The van der Waals surface area contributed by atoms with E-state index in [4.69, 9.17) is 14.4 Å². The van der Waals surface area contributed by atoms with Gasteiger partial charge >= 0.3 is 0 Å². The molecule has 0 fully saturated rings. The van der Waals surface area contributed by atoms with Gasteiger partial charge in [0.25, 0.3) is 11.4 Å². The second kappa shape index (κ2) is 21.1. The first kappa shape index (κ1) is 46.8. The molecule has 0 N–H and O–H groups in total. The second-order valence-corrected chi connectivity index (χ2v) is 27.3. The van der Waals surface area contributed by atoms with Gasteiger partial charge in [0.2, 0.25) is 0 Å². The van der Waals surface area contributed by atoms with Crippen LogP contribution in [0, 0.1) is 43.2 Å². The first-order chi connectivity index (χ1) is 25.7. The molecule has 11 nitrogen and oxygen atoms in total. The average molecular weight is 791 g/mol. The first-order valence-corrected chi connectivity index (χ1v) is 23.7. The quantitative estimate of drug-likeness (QED) is 0.0481. The van der Waals surface area contributed by atoms with E-state index >= 15 is 0 Å². The molecule has 0 bridgehead atoms. The van der Waals surface area contributed by atoms with Gasteiger partial charge in [-0.15, -0.1) is 11.1 Å². The lowest BCUT2D eigenvalue weighted by molar-refractivity contribution is -0.385. The molecule has 0 radical (unpaired) electrons. The third kappa shape index (κ3) is 12.3. The zero-order valence-electron chi connectivity index (χ0n) is 35.4. The number of rotatable bonds is 18. The maximum atomic E-state index is 11.6. The topological polar surface area (TPSA) is 139 Å². The summed E-state index contributed by atoms with van der Waals surface area (Å²) in [5.41, 5.74) is 13.6. The van der Waals surface area contributed by atoms with Gasteiger partial charge in [-0.05, 0) is 59.2 Å². The third-order valence-corrected chi connectivity index (χ3v) is 23.3. The molecular formula is C42H62N4O7Si2. The highest BCUT2D eigenvalue weighted by Gasteiger charge is 2.42. The van der Waals surface area contributed by atoms with Gasteiger partial charge in [0, 0.05) is 46.5 Å². The molecule has 2 aromatic carbocycles. The summed E-state index contributed by atoms with van der Waals surface area (Å²) < 4.78 is 5.77. The number of non-ortho nitro benzene ring substituents is 2. The summed E-state index contributed by atoms with van der Waals surface area (Å²) in [6, 6.07) is 9.31. The number of ether oxygens (including phenoxy) is 1. The van der Waals surface area contributed by atoms with Crippen LogP contribution in [0.4, 0.5) is 11.4 Å². The molecule has 0 unspecified atom stereocenters. The Bertz CT molecular complexity index is 1650. The summed E-state index contributed by atoms with van der Waals surface area (Å²) in [6.45, 7) is 30.8. The van der Waals surface area contributed by atoms with E-state index in [-0.39, 0.29) is 37.8 Å². The normalized spacial score (nSPS) is 12.7. The largest absolute Gasteiger partial charge is 0.391 e. The van der Waals surface area contributed by atoms with E-state index in [0.717, 1.165) is 11.1 Å². The van der Waals surface area contributed by atoms with Gasteiger partial charge in [-0.2, -0.15) is 0 Å². The number of benzene rings is 2. The van der Waals surface area contributed by atoms with Crippen molar-refractivity contribution in [3.63, 3.8) is 0 Å². The summed E-state index contributed by atoms with van der Waals surface area (Å²) in [7, 11) is -4.13.